The molecule has 0 amide bonds. The molecule has 0 aromatic carbocycles. The molecule has 0 aromatic rings. The zero-order chi connectivity index (χ0) is 9.40. The number of carbonyl (C=O) groups excluding carboxylic acids is 1. The van der Waals surface area contributed by atoms with Crippen molar-refractivity contribution < 1.29 is 4.79 Å². The molecule has 0 spiro atoms. The minimum atomic E-state index is 0.293. The molecule has 0 saturated carbocycles. The SMILES string of the molecule is C=CCCCC(=O)/C(=C\C)CC. The Morgan fingerprint density at radius 1 is 1.50 bits per heavy atom. The number of Topliss-reactive ketones (excluding diaryl/α,β-unsaturated/α-hetero) is 1. The van der Waals surface area contributed by atoms with Crippen molar-refractivity contribution in [3.8, 4) is 0 Å². The standard InChI is InChI=1S/C11H18O/c1-4-7-8-9-11(12)10(5-2)6-3/h4-5H,1,6-9H2,2-3H3/b10-5-. The molecule has 0 aliphatic rings. The van der Waals surface area contributed by atoms with Gasteiger partial charge in [0.05, 0.1) is 0 Å². The Kier molecular flexibility index (Phi) is 6.35. The number of rotatable bonds is 6. The van der Waals surface area contributed by atoms with E-state index in [1.54, 1.807) is 0 Å². The average Bonchev–Trinajstić information content (AvgIpc) is 2.07. The van der Waals surface area contributed by atoms with Gasteiger partial charge >= 0.3 is 0 Å². The van der Waals surface area contributed by atoms with Gasteiger partial charge in [-0.15, -0.1) is 6.58 Å². The van der Waals surface area contributed by atoms with Crippen LogP contribution in [0, 0.1) is 0 Å². The smallest absolute Gasteiger partial charge is 0.158 e. The predicted octanol–water partition coefficient (Wildman–Crippen LogP) is 3.27. The van der Waals surface area contributed by atoms with E-state index >= 15 is 0 Å². The van der Waals surface area contributed by atoms with E-state index in [2.05, 4.69) is 6.58 Å². The van der Waals surface area contributed by atoms with Gasteiger partial charge in [0.15, 0.2) is 5.78 Å². The van der Waals surface area contributed by atoms with Crippen LogP contribution < -0.4 is 0 Å². The summed E-state index contributed by atoms with van der Waals surface area (Å²) in [4.78, 5) is 11.4. The second kappa shape index (κ2) is 6.84. The maximum atomic E-state index is 11.4. The van der Waals surface area contributed by atoms with Crippen molar-refractivity contribution in [1.29, 1.82) is 0 Å². The van der Waals surface area contributed by atoms with Gasteiger partial charge < -0.3 is 0 Å². The van der Waals surface area contributed by atoms with Crippen LogP contribution in [-0.2, 0) is 4.79 Å². The zero-order valence-corrected chi connectivity index (χ0v) is 8.10. The van der Waals surface area contributed by atoms with Gasteiger partial charge in [-0.3, -0.25) is 4.79 Å². The summed E-state index contributed by atoms with van der Waals surface area (Å²) in [6.45, 7) is 7.55. The van der Waals surface area contributed by atoms with E-state index in [-0.39, 0.29) is 0 Å². The maximum absolute atomic E-state index is 11.4. The molecule has 0 atom stereocenters. The highest BCUT2D eigenvalue weighted by Gasteiger charge is 2.04. The van der Waals surface area contributed by atoms with Crippen molar-refractivity contribution in [3.05, 3.63) is 24.3 Å². The number of hydrogen-bond acceptors (Lipinski definition) is 1. The first-order valence-electron chi connectivity index (χ1n) is 4.55. The minimum absolute atomic E-state index is 0.293. The lowest BCUT2D eigenvalue weighted by atomic mass is 10.0. The van der Waals surface area contributed by atoms with Crippen molar-refractivity contribution in [1.82, 2.24) is 0 Å². The number of allylic oxidation sites excluding steroid dienone is 3. The molecule has 1 heteroatoms. The van der Waals surface area contributed by atoms with E-state index in [9.17, 15) is 4.79 Å². The molecule has 1 nitrogen and oxygen atoms in total. The first kappa shape index (κ1) is 11.2. The third kappa shape index (κ3) is 4.12. The Morgan fingerprint density at radius 2 is 2.17 bits per heavy atom. The van der Waals surface area contributed by atoms with Gasteiger partial charge in [-0.25, -0.2) is 0 Å². The molecule has 0 radical (unpaired) electrons. The third-order valence-corrected chi connectivity index (χ3v) is 1.90. The van der Waals surface area contributed by atoms with Crippen LogP contribution in [0.5, 0.6) is 0 Å². The van der Waals surface area contributed by atoms with E-state index in [0.717, 1.165) is 24.8 Å². The summed E-state index contributed by atoms with van der Waals surface area (Å²) in [5.74, 6) is 0.293. The normalized spacial score (nSPS) is 11.3. The topological polar surface area (TPSA) is 17.1 Å². The summed E-state index contributed by atoms with van der Waals surface area (Å²) in [5.41, 5.74) is 0.957. The molecule has 0 aromatic heterocycles. The summed E-state index contributed by atoms with van der Waals surface area (Å²) in [7, 11) is 0. The summed E-state index contributed by atoms with van der Waals surface area (Å²) in [6.07, 6.45) is 7.15. The zero-order valence-electron chi connectivity index (χ0n) is 8.10. The van der Waals surface area contributed by atoms with Crippen LogP contribution in [0.4, 0.5) is 0 Å². The van der Waals surface area contributed by atoms with Crippen LogP contribution in [0.3, 0.4) is 0 Å². The number of carbonyl (C=O) groups is 1. The van der Waals surface area contributed by atoms with Crippen LogP contribution in [0.1, 0.15) is 39.5 Å². The van der Waals surface area contributed by atoms with Crippen molar-refractivity contribution in [2.75, 3.05) is 0 Å². The molecule has 12 heavy (non-hydrogen) atoms. The second-order valence-corrected chi connectivity index (χ2v) is 2.77. The quantitative estimate of drug-likeness (QED) is 0.336. The average molecular weight is 166 g/mol. The lowest BCUT2D eigenvalue weighted by molar-refractivity contribution is -0.115. The molecule has 0 aliphatic heterocycles. The Labute approximate surface area is 75.2 Å². The molecule has 0 rings (SSSR count). The molecule has 0 fully saturated rings. The van der Waals surface area contributed by atoms with Crippen LogP contribution in [0.2, 0.25) is 0 Å². The largest absolute Gasteiger partial charge is 0.295 e. The summed E-state index contributed by atoms with van der Waals surface area (Å²) in [5, 5.41) is 0. The fraction of sp³-hybridized carbons (Fsp3) is 0.545. The molecule has 0 heterocycles. The van der Waals surface area contributed by atoms with E-state index in [1.165, 1.54) is 0 Å². The van der Waals surface area contributed by atoms with Gasteiger partial charge in [0.25, 0.3) is 0 Å². The van der Waals surface area contributed by atoms with Crippen molar-refractivity contribution in [3.63, 3.8) is 0 Å². The molecular formula is C11H18O. The van der Waals surface area contributed by atoms with Gasteiger partial charge in [0.1, 0.15) is 0 Å². The van der Waals surface area contributed by atoms with Gasteiger partial charge in [-0.05, 0) is 31.8 Å². The molecule has 0 N–H and O–H groups in total. The molecule has 0 unspecified atom stereocenters. The molecular weight excluding hydrogens is 148 g/mol. The third-order valence-electron chi connectivity index (χ3n) is 1.90. The Morgan fingerprint density at radius 3 is 2.58 bits per heavy atom. The first-order valence-corrected chi connectivity index (χ1v) is 4.55. The molecule has 0 aliphatic carbocycles. The van der Waals surface area contributed by atoms with Gasteiger partial charge in [0, 0.05) is 6.42 Å². The first-order chi connectivity index (χ1) is 5.76. The van der Waals surface area contributed by atoms with E-state index in [4.69, 9.17) is 0 Å². The van der Waals surface area contributed by atoms with Gasteiger partial charge in [-0.1, -0.05) is 19.1 Å². The Bertz CT molecular complexity index is 177. The van der Waals surface area contributed by atoms with Gasteiger partial charge in [0.2, 0.25) is 0 Å². The molecule has 0 saturated heterocycles. The maximum Gasteiger partial charge on any atom is 0.158 e. The number of unbranched alkanes of at least 4 members (excludes halogenated alkanes) is 1. The Balaban J connectivity index is 3.78. The highest BCUT2D eigenvalue weighted by Crippen LogP contribution is 2.08. The fourth-order valence-electron chi connectivity index (χ4n) is 1.13. The van der Waals surface area contributed by atoms with Crippen LogP contribution in [0.25, 0.3) is 0 Å². The lowest BCUT2D eigenvalue weighted by Crippen LogP contribution is -2.00. The monoisotopic (exact) mass is 166 g/mol. The van der Waals surface area contributed by atoms with Crippen molar-refractivity contribution in [2.45, 2.75) is 39.5 Å². The fourth-order valence-corrected chi connectivity index (χ4v) is 1.13. The predicted molar refractivity (Wildman–Crippen MR) is 53.1 cm³/mol. The minimum Gasteiger partial charge on any atom is -0.295 e. The number of ketones is 1. The summed E-state index contributed by atoms with van der Waals surface area (Å²) < 4.78 is 0. The summed E-state index contributed by atoms with van der Waals surface area (Å²) in [6, 6.07) is 0. The van der Waals surface area contributed by atoms with Crippen LogP contribution in [0.15, 0.2) is 24.3 Å². The highest BCUT2D eigenvalue weighted by molar-refractivity contribution is 5.95. The highest BCUT2D eigenvalue weighted by atomic mass is 16.1. The van der Waals surface area contributed by atoms with E-state index in [0.29, 0.717) is 12.2 Å². The van der Waals surface area contributed by atoms with E-state index < -0.39 is 0 Å². The van der Waals surface area contributed by atoms with Gasteiger partial charge in [-0.2, -0.15) is 0 Å². The van der Waals surface area contributed by atoms with Crippen LogP contribution >= 0.6 is 0 Å². The van der Waals surface area contributed by atoms with Crippen LogP contribution in [-0.4, -0.2) is 5.78 Å². The molecule has 0 bridgehead atoms. The number of hydrogen-bond donors (Lipinski definition) is 0. The summed E-state index contributed by atoms with van der Waals surface area (Å²) >= 11 is 0. The second-order valence-electron chi connectivity index (χ2n) is 2.77. The van der Waals surface area contributed by atoms with Crippen molar-refractivity contribution in [2.24, 2.45) is 0 Å². The van der Waals surface area contributed by atoms with Crippen molar-refractivity contribution >= 4 is 5.78 Å². The lowest BCUT2D eigenvalue weighted by Gasteiger charge is -2.00. The Hall–Kier alpha value is -0.850. The van der Waals surface area contributed by atoms with E-state index in [1.807, 2.05) is 26.0 Å². The molecule has 68 valence electrons.